The molecule has 1 saturated carbocycles. The number of aliphatic hydroxyl groups is 1. The highest BCUT2D eigenvalue weighted by Gasteiger charge is 2.22. The van der Waals surface area contributed by atoms with Crippen LogP contribution in [0.4, 0.5) is 5.82 Å². The van der Waals surface area contributed by atoms with Gasteiger partial charge in [-0.3, -0.25) is 4.68 Å². The molecule has 2 N–H and O–H groups in total. The van der Waals surface area contributed by atoms with Crippen molar-refractivity contribution in [2.24, 2.45) is 7.05 Å². The van der Waals surface area contributed by atoms with Crippen molar-refractivity contribution in [3.63, 3.8) is 0 Å². The topological polar surface area (TPSA) is 75.9 Å². The third-order valence-corrected chi connectivity index (χ3v) is 4.21. The van der Waals surface area contributed by atoms with Crippen molar-refractivity contribution in [2.75, 3.05) is 18.5 Å². The van der Waals surface area contributed by atoms with Gasteiger partial charge in [0.25, 0.3) is 0 Å². The fourth-order valence-corrected chi connectivity index (χ4v) is 2.98. The van der Waals surface area contributed by atoms with Gasteiger partial charge in [0.15, 0.2) is 5.65 Å². The molecule has 0 atom stereocenters. The number of aryl methyl sites for hydroxylation is 1. The molecule has 2 aromatic rings. The molecule has 1 aliphatic carbocycles. The minimum absolute atomic E-state index is 0.237. The molecule has 0 saturated heterocycles. The van der Waals surface area contributed by atoms with Gasteiger partial charge in [-0.05, 0) is 25.7 Å². The molecule has 6 nitrogen and oxygen atoms in total. The van der Waals surface area contributed by atoms with Crippen LogP contribution in [0.5, 0.6) is 0 Å². The van der Waals surface area contributed by atoms with E-state index in [-0.39, 0.29) is 6.61 Å². The van der Waals surface area contributed by atoms with Crippen molar-refractivity contribution in [1.29, 1.82) is 0 Å². The van der Waals surface area contributed by atoms with Crippen LogP contribution < -0.4 is 5.32 Å². The van der Waals surface area contributed by atoms with Gasteiger partial charge in [0.1, 0.15) is 11.6 Å². The summed E-state index contributed by atoms with van der Waals surface area (Å²) in [6.45, 7) is 1.05. The first-order chi connectivity index (χ1) is 10.3. The molecule has 6 heteroatoms. The van der Waals surface area contributed by atoms with Gasteiger partial charge >= 0.3 is 0 Å². The van der Waals surface area contributed by atoms with Crippen LogP contribution in [-0.2, 0) is 7.05 Å². The van der Waals surface area contributed by atoms with Gasteiger partial charge in [-0.2, -0.15) is 5.10 Å². The number of rotatable bonds is 6. The molecule has 2 heterocycles. The summed E-state index contributed by atoms with van der Waals surface area (Å²) in [6.07, 6.45) is 8.49. The van der Waals surface area contributed by atoms with Crippen LogP contribution in [0, 0.1) is 0 Å². The maximum Gasteiger partial charge on any atom is 0.163 e. The Bertz CT molecular complexity index is 603. The van der Waals surface area contributed by atoms with Crippen LogP contribution in [0.1, 0.15) is 50.3 Å². The van der Waals surface area contributed by atoms with Crippen LogP contribution >= 0.6 is 0 Å². The lowest BCUT2D eigenvalue weighted by Gasteiger charge is -2.12. The zero-order valence-corrected chi connectivity index (χ0v) is 12.5. The van der Waals surface area contributed by atoms with Crippen LogP contribution in [0.15, 0.2) is 6.20 Å². The molecular weight excluding hydrogens is 266 g/mol. The highest BCUT2D eigenvalue weighted by Crippen LogP contribution is 2.33. The molecule has 3 rings (SSSR count). The molecular formula is C15H23N5O. The van der Waals surface area contributed by atoms with Crippen molar-refractivity contribution < 1.29 is 5.11 Å². The third-order valence-electron chi connectivity index (χ3n) is 4.21. The van der Waals surface area contributed by atoms with Crippen molar-refractivity contribution in [1.82, 2.24) is 19.7 Å². The van der Waals surface area contributed by atoms with Crippen molar-refractivity contribution in [2.45, 2.75) is 44.4 Å². The zero-order chi connectivity index (χ0) is 14.7. The standard InChI is InChI=1S/C15H23N5O/c1-20-15-12(10-17-20)14(16-8-4-5-9-21)18-13(19-15)11-6-2-3-7-11/h10-11,21H,2-9H2,1H3,(H,16,18,19). The summed E-state index contributed by atoms with van der Waals surface area (Å²) in [4.78, 5) is 9.49. The Morgan fingerprint density at radius 3 is 2.86 bits per heavy atom. The Kier molecular flexibility index (Phi) is 4.34. The van der Waals surface area contributed by atoms with E-state index in [2.05, 4.69) is 10.4 Å². The van der Waals surface area contributed by atoms with E-state index < -0.39 is 0 Å². The van der Waals surface area contributed by atoms with E-state index in [1.54, 1.807) is 0 Å². The molecule has 0 aliphatic heterocycles. The van der Waals surface area contributed by atoms with Crippen molar-refractivity contribution in [3.8, 4) is 0 Å². The Labute approximate surface area is 124 Å². The Morgan fingerprint density at radius 2 is 2.10 bits per heavy atom. The molecule has 0 spiro atoms. The first-order valence-corrected chi connectivity index (χ1v) is 7.84. The number of hydrogen-bond donors (Lipinski definition) is 2. The molecule has 0 aromatic carbocycles. The van der Waals surface area contributed by atoms with E-state index in [9.17, 15) is 0 Å². The van der Waals surface area contributed by atoms with Gasteiger partial charge in [-0.1, -0.05) is 12.8 Å². The van der Waals surface area contributed by atoms with Crippen molar-refractivity contribution >= 4 is 16.9 Å². The van der Waals surface area contributed by atoms with Gasteiger partial charge < -0.3 is 10.4 Å². The van der Waals surface area contributed by atoms with E-state index in [1.165, 1.54) is 25.7 Å². The van der Waals surface area contributed by atoms with E-state index in [1.807, 2.05) is 17.9 Å². The number of fused-ring (bicyclic) bond motifs is 1. The largest absolute Gasteiger partial charge is 0.396 e. The lowest BCUT2D eigenvalue weighted by molar-refractivity contribution is 0.286. The Morgan fingerprint density at radius 1 is 1.29 bits per heavy atom. The molecule has 0 unspecified atom stereocenters. The predicted molar refractivity (Wildman–Crippen MR) is 82.3 cm³/mol. The highest BCUT2D eigenvalue weighted by molar-refractivity contribution is 5.86. The number of aromatic nitrogens is 4. The summed E-state index contributed by atoms with van der Waals surface area (Å²) in [5.41, 5.74) is 0.900. The van der Waals surface area contributed by atoms with E-state index >= 15 is 0 Å². The summed E-state index contributed by atoms with van der Waals surface area (Å²) in [7, 11) is 1.92. The van der Waals surface area contributed by atoms with E-state index in [0.717, 1.165) is 42.1 Å². The summed E-state index contributed by atoms with van der Waals surface area (Å²) in [5.74, 6) is 2.32. The normalized spacial score (nSPS) is 15.9. The van der Waals surface area contributed by atoms with Crippen molar-refractivity contribution in [3.05, 3.63) is 12.0 Å². The number of nitrogens with zero attached hydrogens (tertiary/aromatic N) is 4. The maximum atomic E-state index is 8.86. The van der Waals surface area contributed by atoms with Crippen LogP contribution in [-0.4, -0.2) is 38.0 Å². The smallest absolute Gasteiger partial charge is 0.163 e. The first-order valence-electron chi connectivity index (χ1n) is 7.84. The SMILES string of the molecule is Cn1ncc2c(NCCCCO)nc(C3CCCC3)nc21. The molecule has 21 heavy (non-hydrogen) atoms. The van der Waals surface area contributed by atoms with Gasteiger partial charge in [0, 0.05) is 26.1 Å². The highest BCUT2D eigenvalue weighted by atomic mass is 16.2. The predicted octanol–water partition coefficient (Wildman–Crippen LogP) is 2.21. The number of aliphatic hydroxyl groups excluding tert-OH is 1. The monoisotopic (exact) mass is 289 g/mol. The van der Waals surface area contributed by atoms with E-state index in [4.69, 9.17) is 15.1 Å². The molecule has 114 valence electrons. The fourth-order valence-electron chi connectivity index (χ4n) is 2.98. The quantitative estimate of drug-likeness (QED) is 0.797. The molecule has 1 fully saturated rings. The molecule has 0 radical (unpaired) electrons. The summed E-state index contributed by atoms with van der Waals surface area (Å²) in [6, 6.07) is 0. The minimum Gasteiger partial charge on any atom is -0.396 e. The fraction of sp³-hybridized carbons (Fsp3) is 0.667. The molecule has 0 bridgehead atoms. The number of hydrogen-bond acceptors (Lipinski definition) is 5. The van der Waals surface area contributed by atoms with Crippen LogP contribution in [0.2, 0.25) is 0 Å². The number of anilines is 1. The third kappa shape index (κ3) is 3.00. The second kappa shape index (κ2) is 6.39. The van der Waals surface area contributed by atoms with E-state index in [0.29, 0.717) is 5.92 Å². The summed E-state index contributed by atoms with van der Waals surface area (Å²) in [5, 5.41) is 17.5. The van der Waals surface area contributed by atoms with Gasteiger partial charge in [0.05, 0.1) is 11.6 Å². The Hall–Kier alpha value is -1.69. The molecule has 2 aromatic heterocycles. The number of nitrogens with one attached hydrogen (secondary N) is 1. The lowest BCUT2D eigenvalue weighted by Crippen LogP contribution is -2.09. The summed E-state index contributed by atoms with van der Waals surface area (Å²) < 4.78 is 1.81. The lowest BCUT2D eigenvalue weighted by atomic mass is 10.1. The first kappa shape index (κ1) is 14.3. The number of unbranched alkanes of at least 4 members (excludes halogenated alkanes) is 1. The average molecular weight is 289 g/mol. The molecule has 1 aliphatic rings. The maximum absolute atomic E-state index is 8.86. The summed E-state index contributed by atoms with van der Waals surface area (Å²) >= 11 is 0. The Balaban J connectivity index is 1.88. The van der Waals surface area contributed by atoms with Crippen LogP contribution in [0.3, 0.4) is 0 Å². The molecule has 0 amide bonds. The second-order valence-electron chi connectivity index (χ2n) is 5.77. The van der Waals surface area contributed by atoms with Gasteiger partial charge in [-0.25, -0.2) is 9.97 Å². The van der Waals surface area contributed by atoms with Gasteiger partial charge in [-0.15, -0.1) is 0 Å². The average Bonchev–Trinajstić information content (AvgIpc) is 3.14. The minimum atomic E-state index is 0.237. The second-order valence-corrected chi connectivity index (χ2v) is 5.77. The van der Waals surface area contributed by atoms with Crippen LogP contribution in [0.25, 0.3) is 11.0 Å². The van der Waals surface area contributed by atoms with Gasteiger partial charge in [0.2, 0.25) is 0 Å². The zero-order valence-electron chi connectivity index (χ0n) is 12.5.